The quantitative estimate of drug-likeness (QED) is 0.702. The number of carbonyl (C=O) groups excluding carboxylic acids is 1. The summed E-state index contributed by atoms with van der Waals surface area (Å²) >= 11 is 6.85. The number of carbonyl (C=O) groups is 1. The van der Waals surface area contributed by atoms with E-state index in [9.17, 15) is 4.79 Å². The zero-order valence-corrected chi connectivity index (χ0v) is 14.8. The third-order valence-electron chi connectivity index (χ3n) is 2.91. The number of rotatable bonds is 5. The monoisotopic (exact) mass is 410 g/mol. The van der Waals surface area contributed by atoms with Crippen molar-refractivity contribution in [2.24, 2.45) is 0 Å². The van der Waals surface area contributed by atoms with Crippen LogP contribution in [0.3, 0.4) is 0 Å². The summed E-state index contributed by atoms with van der Waals surface area (Å²) in [6, 6.07) is 13.2. The molecule has 21 heavy (non-hydrogen) atoms. The van der Waals surface area contributed by atoms with E-state index in [2.05, 4.69) is 49.4 Å². The van der Waals surface area contributed by atoms with Crippen molar-refractivity contribution in [1.82, 2.24) is 0 Å². The van der Waals surface area contributed by atoms with Gasteiger partial charge in [-0.2, -0.15) is 0 Å². The molecule has 0 aliphatic rings. The van der Waals surface area contributed by atoms with Crippen molar-refractivity contribution in [2.45, 2.75) is 13.3 Å². The van der Waals surface area contributed by atoms with Gasteiger partial charge in [-0.25, -0.2) is 0 Å². The highest BCUT2D eigenvalue weighted by molar-refractivity contribution is 9.11. The van der Waals surface area contributed by atoms with Crippen molar-refractivity contribution in [3.8, 4) is 0 Å². The molecule has 3 nitrogen and oxygen atoms in total. The van der Waals surface area contributed by atoms with Crippen LogP contribution in [0.15, 0.2) is 51.4 Å². The van der Waals surface area contributed by atoms with Crippen molar-refractivity contribution in [1.29, 1.82) is 0 Å². The average Bonchev–Trinajstić information content (AvgIpc) is 2.49. The van der Waals surface area contributed by atoms with Crippen LogP contribution in [0.25, 0.3) is 0 Å². The first-order valence-corrected chi connectivity index (χ1v) is 8.29. The summed E-state index contributed by atoms with van der Waals surface area (Å²) in [4.78, 5) is 12.5. The Bertz CT molecular complexity index is 644. The van der Waals surface area contributed by atoms with E-state index in [-0.39, 0.29) is 5.91 Å². The molecule has 2 rings (SSSR count). The number of benzene rings is 2. The molecule has 0 unspecified atom stereocenters. The molecule has 5 heteroatoms. The number of hydrogen-bond acceptors (Lipinski definition) is 2. The van der Waals surface area contributed by atoms with Gasteiger partial charge in [0.15, 0.2) is 0 Å². The highest BCUT2D eigenvalue weighted by Gasteiger charge is 2.12. The normalized spacial score (nSPS) is 10.2. The predicted molar refractivity (Wildman–Crippen MR) is 95.0 cm³/mol. The fourth-order valence-electron chi connectivity index (χ4n) is 1.88. The zero-order chi connectivity index (χ0) is 15.2. The van der Waals surface area contributed by atoms with Crippen molar-refractivity contribution in [2.75, 3.05) is 17.2 Å². The largest absolute Gasteiger partial charge is 0.384 e. The Morgan fingerprint density at radius 2 is 1.86 bits per heavy atom. The second-order valence-corrected chi connectivity index (χ2v) is 6.32. The van der Waals surface area contributed by atoms with Gasteiger partial charge >= 0.3 is 0 Å². The Balaban J connectivity index is 2.22. The first kappa shape index (κ1) is 16.0. The fraction of sp³-hybridized carbons (Fsp3) is 0.188. The molecule has 0 spiro atoms. The maximum atomic E-state index is 12.5. The molecule has 2 aromatic carbocycles. The van der Waals surface area contributed by atoms with Gasteiger partial charge in [-0.3, -0.25) is 4.79 Å². The van der Waals surface area contributed by atoms with E-state index in [1.165, 1.54) is 0 Å². The SMILES string of the molecule is CCCNc1ccccc1C(=O)Nc1cc(Br)ccc1Br. The lowest BCUT2D eigenvalue weighted by molar-refractivity contribution is 0.102. The summed E-state index contributed by atoms with van der Waals surface area (Å²) in [6.07, 6.45) is 1.01. The first-order valence-electron chi connectivity index (χ1n) is 6.71. The van der Waals surface area contributed by atoms with Crippen molar-refractivity contribution in [3.05, 3.63) is 57.0 Å². The van der Waals surface area contributed by atoms with E-state index in [1.807, 2.05) is 42.5 Å². The van der Waals surface area contributed by atoms with E-state index in [1.54, 1.807) is 0 Å². The summed E-state index contributed by atoms with van der Waals surface area (Å²) in [5.74, 6) is -0.131. The fourth-order valence-corrected chi connectivity index (χ4v) is 2.58. The van der Waals surface area contributed by atoms with Gasteiger partial charge in [0.1, 0.15) is 0 Å². The molecular formula is C16H16Br2N2O. The molecule has 0 fully saturated rings. The van der Waals surface area contributed by atoms with E-state index in [0.717, 1.165) is 33.3 Å². The van der Waals surface area contributed by atoms with Crippen LogP contribution >= 0.6 is 31.9 Å². The highest BCUT2D eigenvalue weighted by atomic mass is 79.9. The number of halogens is 2. The average molecular weight is 412 g/mol. The Hall–Kier alpha value is -1.33. The third kappa shape index (κ3) is 4.32. The van der Waals surface area contributed by atoms with Crippen LogP contribution in [0.2, 0.25) is 0 Å². The smallest absolute Gasteiger partial charge is 0.257 e. The van der Waals surface area contributed by atoms with Crippen LogP contribution in [0.4, 0.5) is 11.4 Å². The maximum Gasteiger partial charge on any atom is 0.257 e. The van der Waals surface area contributed by atoms with Gasteiger partial charge in [0.05, 0.1) is 11.3 Å². The van der Waals surface area contributed by atoms with Crippen LogP contribution in [-0.4, -0.2) is 12.5 Å². The minimum atomic E-state index is -0.131. The molecular weight excluding hydrogens is 396 g/mol. The lowest BCUT2D eigenvalue weighted by atomic mass is 10.1. The lowest BCUT2D eigenvalue weighted by Gasteiger charge is -2.12. The second-order valence-electron chi connectivity index (χ2n) is 4.55. The number of nitrogens with one attached hydrogen (secondary N) is 2. The number of amides is 1. The first-order chi connectivity index (χ1) is 10.1. The molecule has 0 heterocycles. The highest BCUT2D eigenvalue weighted by Crippen LogP contribution is 2.27. The van der Waals surface area contributed by atoms with Crippen LogP contribution in [-0.2, 0) is 0 Å². The molecule has 0 aromatic heterocycles. The van der Waals surface area contributed by atoms with Crippen molar-refractivity contribution < 1.29 is 4.79 Å². The van der Waals surface area contributed by atoms with Gasteiger partial charge in [-0.1, -0.05) is 35.0 Å². The number of anilines is 2. The van der Waals surface area contributed by atoms with Gasteiger partial charge < -0.3 is 10.6 Å². The molecule has 110 valence electrons. The summed E-state index contributed by atoms with van der Waals surface area (Å²) in [5, 5.41) is 6.20. The molecule has 0 saturated heterocycles. The molecule has 0 atom stereocenters. The van der Waals surface area contributed by atoms with Gasteiger partial charge in [-0.05, 0) is 52.7 Å². The van der Waals surface area contributed by atoms with Gasteiger partial charge in [0, 0.05) is 21.2 Å². The van der Waals surface area contributed by atoms with Crippen LogP contribution in [0.1, 0.15) is 23.7 Å². The molecule has 0 saturated carbocycles. The topological polar surface area (TPSA) is 41.1 Å². The molecule has 0 aliphatic heterocycles. The Morgan fingerprint density at radius 1 is 1.10 bits per heavy atom. The zero-order valence-electron chi connectivity index (χ0n) is 11.6. The minimum Gasteiger partial charge on any atom is -0.384 e. The second kappa shape index (κ2) is 7.61. The number of hydrogen-bond donors (Lipinski definition) is 2. The number of para-hydroxylation sites is 1. The minimum absolute atomic E-state index is 0.131. The summed E-state index contributed by atoms with van der Waals surface area (Å²) in [5.41, 5.74) is 2.22. The predicted octanol–water partition coefficient (Wildman–Crippen LogP) is 5.29. The molecule has 2 aromatic rings. The van der Waals surface area contributed by atoms with E-state index in [4.69, 9.17) is 0 Å². The standard InChI is InChI=1S/C16H16Br2N2O/c1-2-9-19-14-6-4-3-5-12(14)16(21)20-15-10-11(17)7-8-13(15)18/h3-8,10,19H,2,9H2,1H3,(H,20,21). The van der Waals surface area contributed by atoms with Crippen molar-refractivity contribution >= 4 is 49.1 Å². The Kier molecular flexibility index (Phi) is 5.82. The lowest BCUT2D eigenvalue weighted by Crippen LogP contribution is -2.15. The Labute approximate surface area is 141 Å². The molecule has 0 bridgehead atoms. The van der Waals surface area contributed by atoms with E-state index in [0.29, 0.717) is 5.56 Å². The maximum absolute atomic E-state index is 12.5. The van der Waals surface area contributed by atoms with Crippen LogP contribution < -0.4 is 10.6 Å². The van der Waals surface area contributed by atoms with Crippen LogP contribution in [0.5, 0.6) is 0 Å². The summed E-state index contributed by atoms with van der Waals surface area (Å²) < 4.78 is 1.76. The molecule has 1 amide bonds. The molecule has 0 radical (unpaired) electrons. The molecule has 2 N–H and O–H groups in total. The van der Waals surface area contributed by atoms with Gasteiger partial charge in [-0.15, -0.1) is 0 Å². The van der Waals surface area contributed by atoms with Crippen LogP contribution in [0, 0.1) is 0 Å². The molecule has 0 aliphatic carbocycles. The van der Waals surface area contributed by atoms with E-state index < -0.39 is 0 Å². The van der Waals surface area contributed by atoms with E-state index >= 15 is 0 Å². The van der Waals surface area contributed by atoms with Crippen molar-refractivity contribution in [3.63, 3.8) is 0 Å². The third-order valence-corrected chi connectivity index (χ3v) is 4.10. The summed E-state index contributed by atoms with van der Waals surface area (Å²) in [6.45, 7) is 2.93. The summed E-state index contributed by atoms with van der Waals surface area (Å²) in [7, 11) is 0. The van der Waals surface area contributed by atoms with Gasteiger partial charge in [0.25, 0.3) is 5.91 Å². The van der Waals surface area contributed by atoms with Gasteiger partial charge in [0.2, 0.25) is 0 Å². The Morgan fingerprint density at radius 3 is 2.62 bits per heavy atom.